The molecule has 0 radical (unpaired) electrons. The summed E-state index contributed by atoms with van der Waals surface area (Å²) in [5.74, 6) is 0. The van der Waals surface area contributed by atoms with E-state index in [-0.39, 0.29) is 11.1 Å². The quantitative estimate of drug-likeness (QED) is 0.536. The molecule has 0 aliphatic heterocycles. The molecule has 5 heteroatoms. The molecule has 0 unspecified atom stereocenters. The van der Waals surface area contributed by atoms with Crippen LogP contribution < -0.4 is 0 Å². The second-order valence-electron chi connectivity index (χ2n) is 8.46. The molecular weight excluding hydrogens is 294 g/mol. The van der Waals surface area contributed by atoms with Gasteiger partial charge >= 0.3 is 6.09 Å². The van der Waals surface area contributed by atoms with Gasteiger partial charge in [0.2, 0.25) is 0 Å². The zero-order valence-corrected chi connectivity index (χ0v) is 17.2. The predicted molar refractivity (Wildman–Crippen MR) is 95.8 cm³/mol. The first-order valence-electron chi connectivity index (χ1n) is 7.89. The highest BCUT2D eigenvalue weighted by atomic mass is 28.4. The third-order valence-corrected chi connectivity index (χ3v) is 8.37. The van der Waals surface area contributed by atoms with E-state index in [0.29, 0.717) is 13.2 Å². The fraction of sp³-hybridized carbons (Fsp3) is 0.824. The first kappa shape index (κ1) is 21.2. The third kappa shape index (κ3) is 7.99. The predicted octanol–water partition coefficient (Wildman–Crippen LogP) is 4.82. The van der Waals surface area contributed by atoms with Crippen molar-refractivity contribution in [3.05, 3.63) is 11.6 Å². The summed E-state index contributed by atoms with van der Waals surface area (Å²) in [7, 11) is 0.0350. The van der Waals surface area contributed by atoms with Crippen LogP contribution in [0.2, 0.25) is 18.1 Å². The van der Waals surface area contributed by atoms with Crippen LogP contribution in [0.15, 0.2) is 11.6 Å². The van der Waals surface area contributed by atoms with Gasteiger partial charge < -0.3 is 14.1 Å². The molecule has 1 amide bonds. The van der Waals surface area contributed by atoms with Crippen molar-refractivity contribution in [2.24, 2.45) is 0 Å². The summed E-state index contributed by atoms with van der Waals surface area (Å²) in [6, 6.07) is 0. The highest BCUT2D eigenvalue weighted by molar-refractivity contribution is 6.74. The standard InChI is InChI=1S/C17H35NO3Si/c1-14(11-12-20-22(9,10)17(5,6)7)13-18(8)15(19)21-16(2,3)4/h11H,12-13H2,1-10H3/b14-11-. The van der Waals surface area contributed by atoms with Crippen LogP contribution in [0.3, 0.4) is 0 Å². The second kappa shape index (κ2) is 7.64. The van der Waals surface area contributed by atoms with E-state index in [1.54, 1.807) is 11.9 Å². The summed E-state index contributed by atoms with van der Waals surface area (Å²) in [6.45, 7) is 19.9. The van der Waals surface area contributed by atoms with E-state index < -0.39 is 13.9 Å². The summed E-state index contributed by atoms with van der Waals surface area (Å²) in [4.78, 5) is 13.5. The Balaban J connectivity index is 4.43. The minimum Gasteiger partial charge on any atom is -0.444 e. The molecule has 0 saturated heterocycles. The van der Waals surface area contributed by atoms with Gasteiger partial charge in [0.05, 0.1) is 6.61 Å². The minimum atomic E-state index is -1.72. The molecule has 0 aromatic rings. The molecule has 0 aromatic carbocycles. The lowest BCUT2D eigenvalue weighted by molar-refractivity contribution is 0.0313. The van der Waals surface area contributed by atoms with E-state index in [0.717, 1.165) is 5.57 Å². The van der Waals surface area contributed by atoms with Gasteiger partial charge in [-0.3, -0.25) is 0 Å². The maximum atomic E-state index is 11.9. The van der Waals surface area contributed by atoms with Crippen LogP contribution in [0.1, 0.15) is 48.5 Å². The Morgan fingerprint density at radius 2 is 1.64 bits per heavy atom. The topological polar surface area (TPSA) is 38.8 Å². The highest BCUT2D eigenvalue weighted by Gasteiger charge is 2.36. The molecule has 0 rings (SSSR count). The number of amides is 1. The molecule has 0 N–H and O–H groups in total. The molecule has 22 heavy (non-hydrogen) atoms. The number of hydrogen-bond donors (Lipinski definition) is 0. The summed E-state index contributed by atoms with van der Waals surface area (Å²) < 4.78 is 11.5. The van der Waals surface area contributed by atoms with Crippen molar-refractivity contribution in [3.8, 4) is 0 Å². The van der Waals surface area contributed by atoms with Crippen molar-refractivity contribution < 1.29 is 14.0 Å². The van der Waals surface area contributed by atoms with Crippen LogP contribution in [-0.2, 0) is 9.16 Å². The zero-order chi connectivity index (χ0) is 17.8. The third-order valence-electron chi connectivity index (χ3n) is 3.87. The number of carbonyl (C=O) groups is 1. The molecule has 0 heterocycles. The SMILES string of the molecule is C/C(=C/CO[Si](C)(C)C(C)(C)C)CN(C)C(=O)OC(C)(C)C. The number of likely N-dealkylation sites (N-methyl/N-ethyl adjacent to an activating group) is 1. The van der Waals surface area contributed by atoms with E-state index >= 15 is 0 Å². The van der Waals surface area contributed by atoms with Crippen LogP contribution in [0, 0.1) is 0 Å². The molecule has 0 aromatic heterocycles. The summed E-state index contributed by atoms with van der Waals surface area (Å²) in [6.07, 6.45) is 1.76. The zero-order valence-electron chi connectivity index (χ0n) is 16.2. The van der Waals surface area contributed by atoms with E-state index in [2.05, 4.69) is 39.9 Å². The molecule has 0 spiro atoms. The smallest absolute Gasteiger partial charge is 0.410 e. The van der Waals surface area contributed by atoms with E-state index in [1.165, 1.54) is 0 Å². The van der Waals surface area contributed by atoms with Crippen molar-refractivity contribution in [2.45, 2.75) is 72.2 Å². The Labute approximate surface area is 138 Å². The van der Waals surface area contributed by atoms with Crippen molar-refractivity contribution in [1.82, 2.24) is 4.90 Å². The van der Waals surface area contributed by atoms with Crippen LogP contribution in [0.4, 0.5) is 4.79 Å². The Morgan fingerprint density at radius 1 is 1.14 bits per heavy atom. The van der Waals surface area contributed by atoms with Crippen molar-refractivity contribution in [2.75, 3.05) is 20.2 Å². The Morgan fingerprint density at radius 3 is 2.05 bits per heavy atom. The molecule has 0 atom stereocenters. The molecule has 4 nitrogen and oxygen atoms in total. The highest BCUT2D eigenvalue weighted by Crippen LogP contribution is 2.36. The average Bonchev–Trinajstić information content (AvgIpc) is 2.24. The van der Waals surface area contributed by atoms with Gasteiger partial charge in [0.15, 0.2) is 8.32 Å². The lowest BCUT2D eigenvalue weighted by atomic mass is 10.2. The Hall–Kier alpha value is -0.813. The fourth-order valence-electron chi connectivity index (χ4n) is 1.45. The Kier molecular flexibility index (Phi) is 7.36. The van der Waals surface area contributed by atoms with Crippen molar-refractivity contribution in [3.63, 3.8) is 0 Å². The van der Waals surface area contributed by atoms with Gasteiger partial charge in [0.25, 0.3) is 0 Å². The molecule has 0 aliphatic rings. The maximum Gasteiger partial charge on any atom is 0.410 e. The summed E-state index contributed by atoms with van der Waals surface area (Å²) in [5, 5.41) is 0.210. The van der Waals surface area contributed by atoms with E-state index in [1.807, 2.05) is 27.7 Å². The number of ether oxygens (including phenoxy) is 1. The van der Waals surface area contributed by atoms with Gasteiger partial charge in [-0.15, -0.1) is 0 Å². The van der Waals surface area contributed by atoms with Gasteiger partial charge in [0, 0.05) is 13.6 Å². The number of hydrogen-bond acceptors (Lipinski definition) is 3. The van der Waals surface area contributed by atoms with Crippen LogP contribution in [0.25, 0.3) is 0 Å². The lowest BCUT2D eigenvalue weighted by Gasteiger charge is -2.35. The van der Waals surface area contributed by atoms with Gasteiger partial charge in [0.1, 0.15) is 5.60 Å². The maximum absolute atomic E-state index is 11.9. The monoisotopic (exact) mass is 329 g/mol. The second-order valence-corrected chi connectivity index (χ2v) is 13.3. The van der Waals surface area contributed by atoms with Gasteiger partial charge in [-0.1, -0.05) is 32.4 Å². The van der Waals surface area contributed by atoms with Crippen LogP contribution in [0.5, 0.6) is 0 Å². The molecular formula is C17H35NO3Si. The molecule has 130 valence electrons. The number of rotatable bonds is 5. The average molecular weight is 330 g/mol. The fourth-order valence-corrected chi connectivity index (χ4v) is 2.38. The number of nitrogens with zero attached hydrogens (tertiary/aromatic N) is 1. The normalized spacial score (nSPS) is 14.0. The van der Waals surface area contributed by atoms with E-state index in [9.17, 15) is 4.79 Å². The molecule has 0 aliphatic carbocycles. The first-order valence-corrected chi connectivity index (χ1v) is 10.8. The summed E-state index contributed by atoms with van der Waals surface area (Å²) >= 11 is 0. The minimum absolute atomic E-state index is 0.210. The molecule has 0 saturated carbocycles. The lowest BCUT2D eigenvalue weighted by Crippen LogP contribution is -2.40. The van der Waals surface area contributed by atoms with Gasteiger partial charge in [-0.05, 0) is 45.8 Å². The van der Waals surface area contributed by atoms with Crippen molar-refractivity contribution in [1.29, 1.82) is 0 Å². The van der Waals surface area contributed by atoms with Gasteiger partial charge in [-0.2, -0.15) is 0 Å². The first-order chi connectivity index (χ1) is 9.66. The van der Waals surface area contributed by atoms with Crippen LogP contribution >= 0.6 is 0 Å². The molecule has 0 fully saturated rings. The Bertz CT molecular complexity index is 403. The summed E-state index contributed by atoms with van der Waals surface area (Å²) in [5.41, 5.74) is 0.640. The van der Waals surface area contributed by atoms with Gasteiger partial charge in [-0.25, -0.2) is 4.79 Å². The van der Waals surface area contributed by atoms with Crippen molar-refractivity contribution >= 4 is 14.4 Å². The number of carbonyl (C=O) groups excluding carboxylic acids is 1. The largest absolute Gasteiger partial charge is 0.444 e. The van der Waals surface area contributed by atoms with Crippen LogP contribution in [-0.4, -0.2) is 45.1 Å². The molecule has 0 bridgehead atoms. The van der Waals surface area contributed by atoms with E-state index in [4.69, 9.17) is 9.16 Å².